The van der Waals surface area contributed by atoms with E-state index in [1.807, 2.05) is 12.1 Å². The monoisotopic (exact) mass is 459 g/mol. The smallest absolute Gasteiger partial charge is 0.428 e. The van der Waals surface area contributed by atoms with Crippen molar-refractivity contribution in [2.75, 3.05) is 0 Å². The summed E-state index contributed by atoms with van der Waals surface area (Å²) in [5.41, 5.74) is 3.24. The summed E-state index contributed by atoms with van der Waals surface area (Å²) in [6.07, 6.45) is -4.24. The molecule has 0 bridgehead atoms. The van der Waals surface area contributed by atoms with Gasteiger partial charge in [0.25, 0.3) is 0 Å². The second kappa shape index (κ2) is 8.24. The minimum atomic E-state index is -4.73. The zero-order chi connectivity index (χ0) is 23.0. The maximum absolute atomic E-state index is 13.1. The lowest BCUT2D eigenvalue weighted by molar-refractivity contribution is -0.274. The van der Waals surface area contributed by atoms with Crippen molar-refractivity contribution in [2.45, 2.75) is 19.7 Å². The van der Waals surface area contributed by atoms with Gasteiger partial charge < -0.3 is 9.94 Å². The second-order valence-corrected chi connectivity index (χ2v) is 7.76. The predicted molar refractivity (Wildman–Crippen MR) is 117 cm³/mol. The molecule has 0 atom stereocenters. The number of benzene rings is 3. The summed E-state index contributed by atoms with van der Waals surface area (Å²) < 4.78 is 41.7. The molecule has 8 heteroatoms. The number of alkyl halides is 3. The third kappa shape index (κ3) is 4.43. The van der Waals surface area contributed by atoms with Crippen molar-refractivity contribution < 1.29 is 23.1 Å². The van der Waals surface area contributed by atoms with Crippen LogP contribution in [0.4, 0.5) is 13.2 Å². The largest absolute Gasteiger partial charge is 0.573 e. The van der Waals surface area contributed by atoms with Gasteiger partial charge in [0.15, 0.2) is 5.43 Å². The van der Waals surface area contributed by atoms with E-state index >= 15 is 0 Å². The van der Waals surface area contributed by atoms with Gasteiger partial charge in [-0.3, -0.25) is 4.79 Å². The lowest BCUT2D eigenvalue weighted by atomic mass is 9.98. The Morgan fingerprint density at radius 3 is 2.16 bits per heavy atom. The van der Waals surface area contributed by atoms with Gasteiger partial charge in [0.05, 0.1) is 22.2 Å². The van der Waals surface area contributed by atoms with Crippen LogP contribution >= 0.6 is 11.6 Å². The van der Waals surface area contributed by atoms with Gasteiger partial charge in [-0.2, -0.15) is 4.73 Å². The van der Waals surface area contributed by atoms with Crippen molar-refractivity contribution in [3.63, 3.8) is 0 Å². The van der Waals surface area contributed by atoms with Crippen LogP contribution in [0, 0.1) is 6.92 Å². The zero-order valence-corrected chi connectivity index (χ0v) is 17.5. The maximum atomic E-state index is 13.1. The molecule has 0 aliphatic rings. The van der Waals surface area contributed by atoms with Crippen LogP contribution in [-0.4, -0.2) is 16.3 Å². The third-order valence-corrected chi connectivity index (χ3v) is 5.38. The highest BCUT2D eigenvalue weighted by Gasteiger charge is 2.30. The Balaban J connectivity index is 1.62. The van der Waals surface area contributed by atoms with Gasteiger partial charge in [0.1, 0.15) is 5.75 Å². The van der Waals surface area contributed by atoms with Crippen LogP contribution in [0.1, 0.15) is 16.8 Å². The molecule has 0 unspecified atom stereocenters. The van der Waals surface area contributed by atoms with Gasteiger partial charge in [-0.15, -0.1) is 13.2 Å². The van der Waals surface area contributed by atoms with Gasteiger partial charge in [0.2, 0.25) is 0 Å². The van der Waals surface area contributed by atoms with Crippen LogP contribution in [0.15, 0.2) is 71.5 Å². The van der Waals surface area contributed by atoms with E-state index < -0.39 is 6.36 Å². The van der Waals surface area contributed by atoms with E-state index in [1.54, 1.807) is 43.3 Å². The Hall–Kier alpha value is -3.45. The molecule has 0 fully saturated rings. The van der Waals surface area contributed by atoms with Gasteiger partial charge in [0, 0.05) is 5.02 Å². The highest BCUT2D eigenvalue weighted by atomic mass is 35.5. The van der Waals surface area contributed by atoms with Crippen molar-refractivity contribution >= 4 is 22.5 Å². The Morgan fingerprint density at radius 1 is 0.969 bits per heavy atom. The summed E-state index contributed by atoms with van der Waals surface area (Å²) in [5.74, 6) is -0.274. The average Bonchev–Trinajstić information content (AvgIpc) is 2.74. The molecule has 4 rings (SSSR count). The number of fused-ring (bicyclic) bond motifs is 1. The topological polar surface area (TPSA) is 51.5 Å². The molecule has 0 saturated heterocycles. The number of nitrogens with zero attached hydrogens (tertiary/aromatic N) is 1. The molecular formula is C24H17ClF3NO3. The van der Waals surface area contributed by atoms with Crippen LogP contribution in [0.2, 0.25) is 5.02 Å². The molecular weight excluding hydrogens is 443 g/mol. The van der Waals surface area contributed by atoms with Crippen LogP contribution in [0.3, 0.4) is 0 Å². The first-order chi connectivity index (χ1) is 15.1. The van der Waals surface area contributed by atoms with E-state index in [2.05, 4.69) is 4.74 Å². The van der Waals surface area contributed by atoms with E-state index in [0.29, 0.717) is 39.2 Å². The zero-order valence-electron chi connectivity index (χ0n) is 16.8. The van der Waals surface area contributed by atoms with E-state index in [4.69, 9.17) is 11.6 Å². The maximum Gasteiger partial charge on any atom is 0.573 e. The third-order valence-electron chi connectivity index (χ3n) is 5.15. The molecule has 0 aliphatic heterocycles. The van der Waals surface area contributed by atoms with Gasteiger partial charge in [-0.1, -0.05) is 48.0 Å². The van der Waals surface area contributed by atoms with Crippen LogP contribution in [0.25, 0.3) is 22.0 Å². The van der Waals surface area contributed by atoms with E-state index in [-0.39, 0.29) is 11.2 Å². The number of ether oxygens (including phenoxy) is 1. The molecule has 0 aliphatic carbocycles. The fraction of sp³-hybridized carbons (Fsp3) is 0.125. The average molecular weight is 460 g/mol. The summed E-state index contributed by atoms with van der Waals surface area (Å²) in [5, 5.41) is 11.2. The lowest BCUT2D eigenvalue weighted by Gasteiger charge is -2.13. The number of rotatable bonds is 4. The second-order valence-electron chi connectivity index (χ2n) is 7.33. The minimum absolute atomic E-state index is 0.238. The van der Waals surface area contributed by atoms with Crippen molar-refractivity contribution in [2.24, 2.45) is 0 Å². The number of aromatic nitrogens is 1. The Kier molecular flexibility index (Phi) is 5.60. The van der Waals surface area contributed by atoms with Crippen LogP contribution in [0.5, 0.6) is 5.75 Å². The van der Waals surface area contributed by atoms with Crippen molar-refractivity contribution in [3.05, 3.63) is 98.8 Å². The summed E-state index contributed by atoms with van der Waals surface area (Å²) in [6, 6.07) is 17.6. The molecule has 4 nitrogen and oxygen atoms in total. The fourth-order valence-electron chi connectivity index (χ4n) is 3.63. The first kappa shape index (κ1) is 21.8. The number of hydrogen-bond acceptors (Lipinski definition) is 3. The summed E-state index contributed by atoms with van der Waals surface area (Å²) in [6.45, 7) is 1.66. The molecule has 0 radical (unpaired) electrons. The first-order valence-electron chi connectivity index (χ1n) is 9.60. The van der Waals surface area contributed by atoms with Crippen LogP contribution in [-0.2, 0) is 6.42 Å². The standard InChI is InChI=1S/C24H17ClF3NO3/c1-14-22(23(30)20-13-18(25)8-11-21(20)29(14)31)17-6-2-15(3-7-17)12-16-4-9-19(10-5-16)32-24(26,27)28/h2-11,13,31H,12H2,1H3. The van der Waals surface area contributed by atoms with Crippen molar-refractivity contribution in [1.82, 2.24) is 4.73 Å². The van der Waals surface area contributed by atoms with E-state index in [1.165, 1.54) is 18.2 Å². The molecule has 0 amide bonds. The lowest BCUT2D eigenvalue weighted by Crippen LogP contribution is -2.17. The number of halogens is 4. The Labute approximate surface area is 186 Å². The number of hydrogen-bond donors (Lipinski definition) is 1. The van der Waals surface area contributed by atoms with Gasteiger partial charge in [-0.25, -0.2) is 0 Å². The minimum Gasteiger partial charge on any atom is -0.428 e. The van der Waals surface area contributed by atoms with E-state index in [0.717, 1.165) is 15.9 Å². The normalized spacial score (nSPS) is 11.7. The highest BCUT2D eigenvalue weighted by Crippen LogP contribution is 2.27. The quantitative estimate of drug-likeness (QED) is 0.361. The summed E-state index contributed by atoms with van der Waals surface area (Å²) in [4.78, 5) is 13.1. The molecule has 164 valence electrons. The Morgan fingerprint density at radius 2 is 1.56 bits per heavy atom. The van der Waals surface area contributed by atoms with Crippen molar-refractivity contribution in [3.8, 4) is 16.9 Å². The molecule has 0 saturated carbocycles. The SMILES string of the molecule is Cc1c(-c2ccc(Cc3ccc(OC(F)(F)F)cc3)cc2)c(=O)c2cc(Cl)ccc2n1O. The van der Waals surface area contributed by atoms with Gasteiger partial charge in [-0.05, 0) is 60.4 Å². The molecule has 0 spiro atoms. The first-order valence-corrected chi connectivity index (χ1v) is 9.98. The molecule has 4 aromatic rings. The van der Waals surface area contributed by atoms with Crippen LogP contribution < -0.4 is 10.2 Å². The fourth-order valence-corrected chi connectivity index (χ4v) is 3.81. The summed E-state index contributed by atoms with van der Waals surface area (Å²) >= 11 is 6.03. The Bertz CT molecular complexity index is 1350. The predicted octanol–water partition coefficient (Wildman–Crippen LogP) is 6.36. The number of pyridine rings is 1. The van der Waals surface area contributed by atoms with Gasteiger partial charge >= 0.3 is 6.36 Å². The van der Waals surface area contributed by atoms with E-state index in [9.17, 15) is 23.2 Å². The summed E-state index contributed by atoms with van der Waals surface area (Å²) in [7, 11) is 0. The molecule has 1 heterocycles. The molecule has 32 heavy (non-hydrogen) atoms. The molecule has 1 aromatic heterocycles. The highest BCUT2D eigenvalue weighted by molar-refractivity contribution is 6.31. The molecule has 1 N–H and O–H groups in total. The molecule has 3 aromatic carbocycles. The van der Waals surface area contributed by atoms with Crippen molar-refractivity contribution in [1.29, 1.82) is 0 Å².